The van der Waals surface area contributed by atoms with E-state index in [1.165, 1.54) is 13.8 Å². The Hall–Kier alpha value is -3.65. The maximum Gasteiger partial charge on any atom is 0.416 e. The Bertz CT molecular complexity index is 1370. The van der Waals surface area contributed by atoms with Crippen LogP contribution in [-0.4, -0.2) is 36.2 Å². The normalized spacial score (nSPS) is 20.7. The molecule has 15 heteroatoms. The van der Waals surface area contributed by atoms with Gasteiger partial charge >= 0.3 is 30.6 Å². The van der Waals surface area contributed by atoms with Crippen molar-refractivity contribution in [2.45, 2.75) is 70.0 Å². The highest BCUT2D eigenvalue weighted by molar-refractivity contribution is 5.80. The van der Waals surface area contributed by atoms with Crippen molar-refractivity contribution in [3.63, 3.8) is 0 Å². The Morgan fingerprint density at radius 2 is 1.49 bits per heavy atom. The standard InChI is InChI=1S/C28H27F9N2O4/c1-13(2)43-24(40)21-22(14-4-5-14)38-20-9-8-16(26(29,30)31)10-18(20)23(21)39(25(41)42-3)12-15-6-7-17(27(32,33)34)11-19(15)28(35,36)37/h6-11,13-14,21-23,38H,4-5,12H2,1-3H3/t21-,22+,23?/m0/s1. The lowest BCUT2D eigenvalue weighted by Gasteiger charge is -2.44. The highest BCUT2D eigenvalue weighted by Crippen LogP contribution is 2.50. The number of nitrogens with one attached hydrogen (secondary N) is 1. The van der Waals surface area contributed by atoms with E-state index in [-0.39, 0.29) is 23.2 Å². The molecule has 1 heterocycles. The lowest BCUT2D eigenvalue weighted by molar-refractivity contribution is -0.156. The monoisotopic (exact) mass is 626 g/mol. The van der Waals surface area contributed by atoms with Gasteiger partial charge in [0.15, 0.2) is 0 Å². The second-order valence-corrected chi connectivity index (χ2v) is 10.7. The third-order valence-electron chi connectivity index (χ3n) is 7.33. The van der Waals surface area contributed by atoms with Crippen molar-refractivity contribution >= 4 is 17.7 Å². The number of alkyl halides is 9. The van der Waals surface area contributed by atoms with Crippen LogP contribution in [-0.2, 0) is 39.3 Å². The van der Waals surface area contributed by atoms with E-state index < -0.39 is 83.5 Å². The van der Waals surface area contributed by atoms with E-state index in [1.807, 2.05) is 0 Å². The molecule has 43 heavy (non-hydrogen) atoms. The zero-order chi connectivity index (χ0) is 32.1. The summed E-state index contributed by atoms with van der Waals surface area (Å²) in [6.07, 6.45) is -16.1. The van der Waals surface area contributed by atoms with Crippen LogP contribution < -0.4 is 5.32 Å². The topological polar surface area (TPSA) is 67.9 Å². The summed E-state index contributed by atoms with van der Waals surface area (Å²) in [6.45, 7) is 1.98. The molecule has 2 aliphatic rings. The van der Waals surface area contributed by atoms with Crippen LogP contribution >= 0.6 is 0 Å². The van der Waals surface area contributed by atoms with Gasteiger partial charge in [-0.2, -0.15) is 39.5 Å². The second-order valence-electron chi connectivity index (χ2n) is 10.7. The molecular weight excluding hydrogens is 599 g/mol. The van der Waals surface area contributed by atoms with E-state index in [1.54, 1.807) is 0 Å². The van der Waals surface area contributed by atoms with E-state index in [4.69, 9.17) is 9.47 Å². The predicted octanol–water partition coefficient (Wildman–Crippen LogP) is 7.82. The summed E-state index contributed by atoms with van der Waals surface area (Å²) >= 11 is 0. The summed E-state index contributed by atoms with van der Waals surface area (Å²) in [6, 6.07) is 0.942. The molecule has 1 aliphatic heterocycles. The van der Waals surface area contributed by atoms with Crippen LogP contribution in [0.4, 0.5) is 50.0 Å². The minimum absolute atomic E-state index is 0.0980. The molecule has 0 radical (unpaired) electrons. The van der Waals surface area contributed by atoms with Crippen molar-refractivity contribution in [2.75, 3.05) is 12.4 Å². The summed E-state index contributed by atoms with van der Waals surface area (Å²) in [4.78, 5) is 27.4. The van der Waals surface area contributed by atoms with Crippen molar-refractivity contribution in [3.8, 4) is 0 Å². The number of carbonyl (C=O) groups is 2. The lowest BCUT2D eigenvalue weighted by atomic mass is 9.78. The summed E-state index contributed by atoms with van der Waals surface area (Å²) in [7, 11) is 0.876. The molecule has 1 amide bonds. The van der Waals surface area contributed by atoms with E-state index in [0.717, 1.165) is 19.2 Å². The molecule has 0 saturated heterocycles. The van der Waals surface area contributed by atoms with Crippen LogP contribution in [0.25, 0.3) is 0 Å². The number of methoxy groups -OCH3 is 1. The number of amides is 1. The van der Waals surface area contributed by atoms with Crippen LogP contribution in [0.2, 0.25) is 0 Å². The van der Waals surface area contributed by atoms with Crippen molar-refractivity contribution in [1.29, 1.82) is 0 Å². The SMILES string of the molecule is COC(=O)N(Cc1ccc(C(F)(F)F)cc1C(F)(F)F)C1c2cc(C(F)(F)F)ccc2N[C@H](C2CC2)[C@@H]1C(=O)OC(C)C. The molecule has 1 fully saturated rings. The molecule has 1 N–H and O–H groups in total. The van der Waals surface area contributed by atoms with Crippen LogP contribution in [0, 0.1) is 11.8 Å². The third kappa shape index (κ3) is 6.96. The first kappa shape index (κ1) is 32.3. The fourth-order valence-electron chi connectivity index (χ4n) is 5.32. The number of hydrogen-bond acceptors (Lipinski definition) is 5. The number of halogens is 9. The van der Waals surface area contributed by atoms with Gasteiger partial charge in [0.25, 0.3) is 0 Å². The first-order valence-corrected chi connectivity index (χ1v) is 13.1. The molecule has 4 rings (SSSR count). The molecule has 2 aromatic rings. The highest BCUT2D eigenvalue weighted by atomic mass is 19.4. The molecular formula is C28H27F9N2O4. The number of carbonyl (C=O) groups excluding carboxylic acids is 2. The van der Waals surface area contributed by atoms with Gasteiger partial charge in [0, 0.05) is 11.7 Å². The molecule has 0 aromatic heterocycles. The summed E-state index contributed by atoms with van der Waals surface area (Å²) in [5.74, 6) is -2.52. The zero-order valence-electron chi connectivity index (χ0n) is 23.0. The van der Waals surface area contributed by atoms with Crippen molar-refractivity contribution in [1.82, 2.24) is 4.90 Å². The molecule has 0 bridgehead atoms. The van der Waals surface area contributed by atoms with Crippen LogP contribution in [0.3, 0.4) is 0 Å². The van der Waals surface area contributed by atoms with Gasteiger partial charge in [0.2, 0.25) is 0 Å². The second kappa shape index (κ2) is 11.5. The Morgan fingerprint density at radius 1 is 0.907 bits per heavy atom. The molecule has 1 unspecified atom stereocenters. The first-order valence-electron chi connectivity index (χ1n) is 13.1. The third-order valence-corrected chi connectivity index (χ3v) is 7.33. The number of nitrogens with zero attached hydrogens (tertiary/aromatic N) is 1. The molecule has 3 atom stereocenters. The van der Waals surface area contributed by atoms with Crippen molar-refractivity contribution < 1.29 is 58.6 Å². The fraction of sp³-hybridized carbons (Fsp3) is 0.500. The Labute approximate surface area is 240 Å². The number of anilines is 1. The van der Waals surface area contributed by atoms with Crippen LogP contribution in [0.5, 0.6) is 0 Å². The summed E-state index contributed by atoms with van der Waals surface area (Å²) in [5, 5.41) is 3.06. The van der Waals surface area contributed by atoms with Gasteiger partial charge in [-0.3, -0.25) is 9.69 Å². The largest absolute Gasteiger partial charge is 0.463 e. The van der Waals surface area contributed by atoms with Gasteiger partial charge in [-0.05, 0) is 74.1 Å². The molecule has 0 spiro atoms. The van der Waals surface area contributed by atoms with Crippen LogP contribution in [0.15, 0.2) is 36.4 Å². The van der Waals surface area contributed by atoms with Gasteiger partial charge in [0.05, 0.1) is 42.5 Å². The molecule has 6 nitrogen and oxygen atoms in total. The van der Waals surface area contributed by atoms with Crippen molar-refractivity contribution in [2.24, 2.45) is 11.8 Å². The molecule has 1 saturated carbocycles. The summed E-state index contributed by atoms with van der Waals surface area (Å²) < 4.78 is 134. The predicted molar refractivity (Wildman–Crippen MR) is 133 cm³/mol. The smallest absolute Gasteiger partial charge is 0.416 e. The first-order chi connectivity index (χ1) is 19.8. The molecule has 2 aromatic carbocycles. The van der Waals surface area contributed by atoms with Crippen LogP contribution in [0.1, 0.15) is 60.5 Å². The average molecular weight is 627 g/mol. The van der Waals surface area contributed by atoms with E-state index in [9.17, 15) is 49.1 Å². The minimum Gasteiger partial charge on any atom is -0.463 e. The highest BCUT2D eigenvalue weighted by Gasteiger charge is 2.52. The van der Waals surface area contributed by atoms with Gasteiger partial charge in [-0.15, -0.1) is 0 Å². The number of benzene rings is 2. The minimum atomic E-state index is -5.31. The van der Waals surface area contributed by atoms with Gasteiger partial charge in [-0.1, -0.05) is 6.07 Å². The fourth-order valence-corrected chi connectivity index (χ4v) is 5.32. The number of hydrogen-bond donors (Lipinski definition) is 1. The summed E-state index contributed by atoms with van der Waals surface area (Å²) in [5.41, 5.74) is -5.41. The lowest BCUT2D eigenvalue weighted by Crippen LogP contribution is -2.51. The van der Waals surface area contributed by atoms with Gasteiger partial charge in [0.1, 0.15) is 5.92 Å². The van der Waals surface area contributed by atoms with E-state index >= 15 is 0 Å². The quantitative estimate of drug-likeness (QED) is 0.262. The maximum absolute atomic E-state index is 14.0. The number of fused-ring (bicyclic) bond motifs is 1. The number of ether oxygens (including phenoxy) is 2. The zero-order valence-corrected chi connectivity index (χ0v) is 23.0. The average Bonchev–Trinajstić information content (AvgIpc) is 3.73. The Kier molecular flexibility index (Phi) is 8.59. The van der Waals surface area contributed by atoms with E-state index in [2.05, 4.69) is 5.32 Å². The van der Waals surface area contributed by atoms with E-state index in [0.29, 0.717) is 35.9 Å². The number of esters is 1. The Balaban J connectivity index is 1.94. The van der Waals surface area contributed by atoms with Gasteiger partial charge < -0.3 is 14.8 Å². The molecule has 236 valence electrons. The maximum atomic E-state index is 14.0. The Morgan fingerprint density at radius 3 is 2.00 bits per heavy atom. The number of rotatable bonds is 6. The van der Waals surface area contributed by atoms with Crippen molar-refractivity contribution in [3.05, 3.63) is 64.2 Å². The molecule has 1 aliphatic carbocycles. The van der Waals surface area contributed by atoms with Gasteiger partial charge in [-0.25, -0.2) is 4.79 Å².